The maximum atomic E-state index is 12.6. The lowest BCUT2D eigenvalue weighted by Crippen LogP contribution is -2.14. The molecule has 0 atom stereocenters. The number of aryl methyl sites for hydroxylation is 1. The summed E-state index contributed by atoms with van der Waals surface area (Å²) in [5, 5.41) is 12.3. The van der Waals surface area contributed by atoms with Crippen molar-refractivity contribution in [3.8, 4) is 17.6 Å². The van der Waals surface area contributed by atoms with Crippen LogP contribution in [0.4, 0.5) is 5.69 Å². The minimum absolute atomic E-state index is 0.000944. The molecular weight excluding hydrogens is 340 g/mol. The van der Waals surface area contributed by atoms with Crippen LogP contribution in [0.3, 0.4) is 0 Å². The molecule has 140 valence electrons. The van der Waals surface area contributed by atoms with Crippen molar-refractivity contribution in [2.75, 3.05) is 18.5 Å². The number of hydrogen-bond donors (Lipinski definition) is 1. The molecule has 0 heterocycles. The molecule has 0 radical (unpaired) electrons. The molecule has 5 nitrogen and oxygen atoms in total. The van der Waals surface area contributed by atoms with Gasteiger partial charge in [0.25, 0.3) is 5.91 Å². The third-order valence-electron chi connectivity index (χ3n) is 4.11. The standard InChI is InChI=1S/C22H24N2O3/c1-5-26-19-11-10-17(21(13-19)27-6-2)12-18(14-23)22(25)24-20-9-7-8-15(3)16(20)4/h7-13H,5-6H2,1-4H3,(H,24,25)/b18-12+. The molecule has 0 saturated carbocycles. The summed E-state index contributed by atoms with van der Waals surface area (Å²) in [5.74, 6) is 0.787. The Hall–Kier alpha value is -3.26. The van der Waals surface area contributed by atoms with Gasteiger partial charge in [-0.25, -0.2) is 0 Å². The molecule has 0 spiro atoms. The Kier molecular flexibility index (Phi) is 7.01. The third kappa shape index (κ3) is 5.11. The maximum absolute atomic E-state index is 12.6. The number of benzene rings is 2. The monoisotopic (exact) mass is 364 g/mol. The van der Waals surface area contributed by atoms with Crippen LogP contribution in [0.1, 0.15) is 30.5 Å². The Labute approximate surface area is 160 Å². The molecule has 1 amide bonds. The summed E-state index contributed by atoms with van der Waals surface area (Å²) < 4.78 is 11.1. The van der Waals surface area contributed by atoms with Gasteiger partial charge in [0.15, 0.2) is 0 Å². The molecule has 0 bridgehead atoms. The molecule has 2 rings (SSSR count). The van der Waals surface area contributed by atoms with Crippen LogP contribution >= 0.6 is 0 Å². The summed E-state index contributed by atoms with van der Waals surface area (Å²) >= 11 is 0. The number of carbonyl (C=O) groups is 1. The van der Waals surface area contributed by atoms with Gasteiger partial charge >= 0.3 is 0 Å². The van der Waals surface area contributed by atoms with Gasteiger partial charge in [0.1, 0.15) is 23.1 Å². The van der Waals surface area contributed by atoms with Crippen molar-refractivity contribution < 1.29 is 14.3 Å². The fourth-order valence-electron chi connectivity index (χ4n) is 2.55. The van der Waals surface area contributed by atoms with E-state index in [1.807, 2.05) is 52.0 Å². The number of amides is 1. The molecule has 2 aromatic carbocycles. The quantitative estimate of drug-likeness (QED) is 0.573. The summed E-state index contributed by atoms with van der Waals surface area (Å²) in [6, 6.07) is 13.0. The smallest absolute Gasteiger partial charge is 0.266 e. The number of hydrogen-bond acceptors (Lipinski definition) is 4. The number of nitrogens with one attached hydrogen (secondary N) is 1. The summed E-state index contributed by atoms with van der Waals surface area (Å²) in [4.78, 5) is 12.6. The van der Waals surface area contributed by atoms with Gasteiger partial charge in [0.2, 0.25) is 0 Å². The molecule has 5 heteroatoms. The Morgan fingerprint density at radius 3 is 2.56 bits per heavy atom. The van der Waals surface area contributed by atoms with Gasteiger partial charge in [-0.05, 0) is 63.1 Å². The van der Waals surface area contributed by atoms with Gasteiger partial charge in [-0.1, -0.05) is 12.1 Å². The van der Waals surface area contributed by atoms with E-state index in [0.29, 0.717) is 36.0 Å². The Balaban J connectivity index is 2.33. The number of ether oxygens (including phenoxy) is 2. The molecule has 0 fully saturated rings. The van der Waals surface area contributed by atoms with Crippen molar-refractivity contribution in [1.29, 1.82) is 5.26 Å². The minimum Gasteiger partial charge on any atom is -0.494 e. The maximum Gasteiger partial charge on any atom is 0.266 e. The molecule has 0 unspecified atom stereocenters. The van der Waals surface area contributed by atoms with Gasteiger partial charge in [0.05, 0.1) is 13.2 Å². The summed E-state index contributed by atoms with van der Waals surface area (Å²) in [7, 11) is 0. The Morgan fingerprint density at radius 1 is 1.15 bits per heavy atom. The summed E-state index contributed by atoms with van der Waals surface area (Å²) in [6.07, 6.45) is 1.53. The summed E-state index contributed by atoms with van der Waals surface area (Å²) in [5.41, 5.74) is 3.38. The van der Waals surface area contributed by atoms with Crippen LogP contribution in [0.2, 0.25) is 0 Å². The van der Waals surface area contributed by atoms with E-state index in [0.717, 1.165) is 11.1 Å². The van der Waals surface area contributed by atoms with Crippen LogP contribution in [0.25, 0.3) is 6.08 Å². The zero-order valence-corrected chi connectivity index (χ0v) is 16.1. The van der Waals surface area contributed by atoms with Crippen molar-refractivity contribution >= 4 is 17.7 Å². The number of rotatable bonds is 7. The molecular formula is C22H24N2O3. The first kappa shape index (κ1) is 20.1. The van der Waals surface area contributed by atoms with Gasteiger partial charge in [0, 0.05) is 17.3 Å². The van der Waals surface area contributed by atoms with Crippen LogP contribution in [-0.4, -0.2) is 19.1 Å². The lowest BCUT2D eigenvalue weighted by Gasteiger charge is -2.12. The molecule has 0 aliphatic heterocycles. The second-order valence-electron chi connectivity index (χ2n) is 5.94. The third-order valence-corrected chi connectivity index (χ3v) is 4.11. The minimum atomic E-state index is -0.456. The van der Waals surface area contributed by atoms with Crippen molar-refractivity contribution in [2.45, 2.75) is 27.7 Å². The Bertz CT molecular complexity index is 895. The van der Waals surface area contributed by atoms with Gasteiger partial charge in [-0.15, -0.1) is 0 Å². The SMILES string of the molecule is CCOc1ccc(/C=C(\C#N)C(=O)Nc2cccc(C)c2C)c(OCC)c1. The van der Waals surface area contributed by atoms with Gasteiger partial charge in [-0.3, -0.25) is 4.79 Å². The van der Waals surface area contributed by atoms with Crippen LogP contribution in [0, 0.1) is 25.2 Å². The molecule has 0 aliphatic carbocycles. The fraction of sp³-hybridized carbons (Fsp3) is 0.273. The zero-order valence-electron chi connectivity index (χ0n) is 16.1. The first-order valence-electron chi connectivity index (χ1n) is 8.89. The molecule has 0 saturated heterocycles. The van der Waals surface area contributed by atoms with E-state index in [1.165, 1.54) is 6.08 Å². The van der Waals surface area contributed by atoms with Gasteiger partial charge < -0.3 is 14.8 Å². The fourth-order valence-corrected chi connectivity index (χ4v) is 2.55. The number of nitrogens with zero attached hydrogens (tertiary/aromatic N) is 1. The van der Waals surface area contributed by atoms with E-state index in [9.17, 15) is 10.1 Å². The number of carbonyl (C=O) groups excluding carboxylic acids is 1. The highest BCUT2D eigenvalue weighted by molar-refractivity contribution is 6.10. The van der Waals surface area contributed by atoms with Crippen LogP contribution < -0.4 is 14.8 Å². The highest BCUT2D eigenvalue weighted by atomic mass is 16.5. The molecule has 2 aromatic rings. The first-order chi connectivity index (χ1) is 13.0. The van der Waals surface area contributed by atoms with E-state index in [2.05, 4.69) is 5.32 Å². The predicted molar refractivity (Wildman–Crippen MR) is 107 cm³/mol. The van der Waals surface area contributed by atoms with E-state index in [1.54, 1.807) is 18.2 Å². The normalized spacial score (nSPS) is 10.9. The van der Waals surface area contributed by atoms with Crippen molar-refractivity contribution in [1.82, 2.24) is 0 Å². The molecule has 1 N–H and O–H groups in total. The summed E-state index contributed by atoms with van der Waals surface area (Å²) in [6.45, 7) is 8.69. The predicted octanol–water partition coefficient (Wildman–Crippen LogP) is 4.65. The van der Waals surface area contributed by atoms with E-state index in [4.69, 9.17) is 9.47 Å². The zero-order chi connectivity index (χ0) is 19.8. The van der Waals surface area contributed by atoms with Crippen molar-refractivity contribution in [3.05, 3.63) is 58.7 Å². The highest BCUT2D eigenvalue weighted by Gasteiger charge is 2.13. The van der Waals surface area contributed by atoms with Crippen LogP contribution in [-0.2, 0) is 4.79 Å². The van der Waals surface area contributed by atoms with E-state index >= 15 is 0 Å². The largest absolute Gasteiger partial charge is 0.494 e. The first-order valence-corrected chi connectivity index (χ1v) is 8.89. The van der Waals surface area contributed by atoms with Crippen LogP contribution in [0.5, 0.6) is 11.5 Å². The van der Waals surface area contributed by atoms with Gasteiger partial charge in [-0.2, -0.15) is 5.26 Å². The number of anilines is 1. The average Bonchev–Trinajstić information content (AvgIpc) is 2.65. The molecule has 27 heavy (non-hydrogen) atoms. The second-order valence-corrected chi connectivity index (χ2v) is 5.94. The van der Waals surface area contributed by atoms with Crippen molar-refractivity contribution in [2.24, 2.45) is 0 Å². The molecule has 0 aliphatic rings. The van der Waals surface area contributed by atoms with E-state index < -0.39 is 5.91 Å². The number of nitriles is 1. The lowest BCUT2D eigenvalue weighted by atomic mass is 10.1. The second kappa shape index (κ2) is 9.44. The Morgan fingerprint density at radius 2 is 1.89 bits per heavy atom. The van der Waals surface area contributed by atoms with Crippen molar-refractivity contribution in [3.63, 3.8) is 0 Å². The van der Waals surface area contributed by atoms with Crippen LogP contribution in [0.15, 0.2) is 42.0 Å². The average molecular weight is 364 g/mol. The van der Waals surface area contributed by atoms with E-state index in [-0.39, 0.29) is 5.57 Å². The topological polar surface area (TPSA) is 71.3 Å². The lowest BCUT2D eigenvalue weighted by molar-refractivity contribution is -0.112. The highest BCUT2D eigenvalue weighted by Crippen LogP contribution is 2.27. The molecule has 0 aromatic heterocycles.